The molecule has 1 aromatic rings. The van der Waals surface area contributed by atoms with E-state index in [0.29, 0.717) is 44.3 Å². The third-order valence-electron chi connectivity index (χ3n) is 5.14. The lowest BCUT2D eigenvalue weighted by Crippen LogP contribution is -2.21. The molecule has 1 aromatic carbocycles. The van der Waals surface area contributed by atoms with E-state index in [-0.39, 0.29) is 11.9 Å². The fraction of sp³-hybridized carbons (Fsp3) is 0.524. The van der Waals surface area contributed by atoms with Crippen molar-refractivity contribution in [1.82, 2.24) is 0 Å². The Labute approximate surface area is 154 Å². The van der Waals surface area contributed by atoms with Crippen LogP contribution in [0.4, 0.5) is 5.69 Å². The summed E-state index contributed by atoms with van der Waals surface area (Å²) in [6.07, 6.45) is 8.70. The number of allylic oxidation sites excluding steroid dienone is 2. The van der Waals surface area contributed by atoms with Gasteiger partial charge in [-0.15, -0.1) is 0 Å². The summed E-state index contributed by atoms with van der Waals surface area (Å²) in [6, 6.07) is 5.68. The van der Waals surface area contributed by atoms with E-state index < -0.39 is 0 Å². The lowest BCUT2D eigenvalue weighted by atomic mass is 9.85. The van der Waals surface area contributed by atoms with Crippen molar-refractivity contribution in [2.45, 2.75) is 45.4 Å². The standard InChI is InChI=1S/C21H27NO4/c1-15-5-2-3-6-17(15)14-26-21(24)7-4-12-25-18-9-10-19-16(13-18)8-11-20(23)22-19/h2-3,9-10,13,15,17H,4-8,11-12,14H2,1H3,(H,22,23). The van der Waals surface area contributed by atoms with Crippen molar-refractivity contribution in [2.75, 3.05) is 18.5 Å². The largest absolute Gasteiger partial charge is 0.494 e. The van der Waals surface area contributed by atoms with Gasteiger partial charge in [-0.25, -0.2) is 0 Å². The minimum atomic E-state index is -0.150. The molecule has 2 aliphatic rings. The van der Waals surface area contributed by atoms with E-state index in [2.05, 4.69) is 24.4 Å². The Morgan fingerprint density at radius 1 is 1.23 bits per heavy atom. The second kappa shape index (κ2) is 8.88. The molecule has 1 amide bonds. The maximum atomic E-state index is 11.9. The molecule has 26 heavy (non-hydrogen) atoms. The van der Waals surface area contributed by atoms with E-state index in [1.807, 2.05) is 18.2 Å². The number of ether oxygens (including phenoxy) is 2. The van der Waals surface area contributed by atoms with Crippen LogP contribution in [0.3, 0.4) is 0 Å². The van der Waals surface area contributed by atoms with E-state index in [0.717, 1.165) is 36.3 Å². The third-order valence-corrected chi connectivity index (χ3v) is 5.14. The molecule has 140 valence electrons. The van der Waals surface area contributed by atoms with Gasteiger partial charge in [0.1, 0.15) is 5.75 Å². The van der Waals surface area contributed by atoms with Crippen LogP contribution in [0.5, 0.6) is 5.75 Å². The number of carbonyl (C=O) groups excluding carboxylic acids is 2. The zero-order valence-corrected chi connectivity index (χ0v) is 15.3. The summed E-state index contributed by atoms with van der Waals surface area (Å²) in [7, 11) is 0. The third kappa shape index (κ3) is 5.10. The quantitative estimate of drug-likeness (QED) is 0.457. The van der Waals surface area contributed by atoms with E-state index >= 15 is 0 Å². The molecule has 5 heteroatoms. The molecule has 0 saturated carbocycles. The molecule has 0 aromatic heterocycles. The summed E-state index contributed by atoms with van der Waals surface area (Å²) in [6.45, 7) is 3.20. The van der Waals surface area contributed by atoms with Crippen LogP contribution in [-0.2, 0) is 20.7 Å². The molecule has 1 aliphatic heterocycles. The summed E-state index contributed by atoms with van der Waals surface area (Å²) < 4.78 is 11.2. The van der Waals surface area contributed by atoms with Gasteiger partial charge in [0.15, 0.2) is 0 Å². The number of fused-ring (bicyclic) bond motifs is 1. The zero-order valence-electron chi connectivity index (χ0n) is 15.3. The Kier molecular flexibility index (Phi) is 6.31. The minimum Gasteiger partial charge on any atom is -0.494 e. The zero-order chi connectivity index (χ0) is 18.4. The van der Waals surface area contributed by atoms with Gasteiger partial charge < -0.3 is 14.8 Å². The van der Waals surface area contributed by atoms with Crippen molar-refractivity contribution in [2.24, 2.45) is 11.8 Å². The molecule has 0 saturated heterocycles. The number of nitrogens with one attached hydrogen (secondary N) is 1. The Bertz CT molecular complexity index is 683. The van der Waals surface area contributed by atoms with Gasteiger partial charge in [0.25, 0.3) is 0 Å². The fourth-order valence-corrected chi connectivity index (χ4v) is 3.37. The maximum absolute atomic E-state index is 11.9. The highest BCUT2D eigenvalue weighted by atomic mass is 16.5. The summed E-state index contributed by atoms with van der Waals surface area (Å²) in [5, 5.41) is 2.85. The average molecular weight is 357 g/mol. The lowest BCUT2D eigenvalue weighted by molar-refractivity contribution is -0.145. The number of hydrogen-bond acceptors (Lipinski definition) is 4. The van der Waals surface area contributed by atoms with E-state index in [9.17, 15) is 9.59 Å². The van der Waals surface area contributed by atoms with Crippen molar-refractivity contribution in [3.05, 3.63) is 35.9 Å². The van der Waals surface area contributed by atoms with E-state index in [1.54, 1.807) is 0 Å². The summed E-state index contributed by atoms with van der Waals surface area (Å²) in [4.78, 5) is 23.3. The van der Waals surface area contributed by atoms with E-state index in [4.69, 9.17) is 9.47 Å². The molecular formula is C21H27NO4. The first kappa shape index (κ1) is 18.5. The van der Waals surface area contributed by atoms with Gasteiger partial charge in [0.2, 0.25) is 5.91 Å². The topological polar surface area (TPSA) is 64.6 Å². The number of anilines is 1. The molecule has 5 nitrogen and oxygen atoms in total. The molecule has 3 rings (SSSR count). The summed E-state index contributed by atoms with van der Waals surface area (Å²) in [5.41, 5.74) is 1.96. The Hall–Kier alpha value is -2.30. The molecule has 0 fully saturated rings. The second-order valence-electron chi connectivity index (χ2n) is 7.18. The van der Waals surface area contributed by atoms with Crippen molar-refractivity contribution in [1.29, 1.82) is 0 Å². The number of rotatable bonds is 7. The first-order valence-corrected chi connectivity index (χ1v) is 9.48. The highest BCUT2D eigenvalue weighted by molar-refractivity contribution is 5.93. The van der Waals surface area contributed by atoms with Gasteiger partial charge in [0.05, 0.1) is 13.2 Å². The normalized spacial score (nSPS) is 21.7. The molecule has 0 bridgehead atoms. The monoisotopic (exact) mass is 357 g/mol. The average Bonchev–Trinajstić information content (AvgIpc) is 2.64. The van der Waals surface area contributed by atoms with Gasteiger partial charge >= 0.3 is 5.97 Å². The number of amides is 1. The van der Waals surface area contributed by atoms with Crippen LogP contribution in [0.1, 0.15) is 44.6 Å². The fourth-order valence-electron chi connectivity index (χ4n) is 3.37. The second-order valence-corrected chi connectivity index (χ2v) is 7.18. The van der Waals surface area contributed by atoms with Crippen LogP contribution < -0.4 is 10.1 Å². The molecule has 0 spiro atoms. The van der Waals surface area contributed by atoms with Crippen molar-refractivity contribution in [3.8, 4) is 5.75 Å². The van der Waals surface area contributed by atoms with Gasteiger partial charge in [0, 0.05) is 18.5 Å². The van der Waals surface area contributed by atoms with E-state index in [1.165, 1.54) is 0 Å². The highest BCUT2D eigenvalue weighted by Crippen LogP contribution is 2.27. The SMILES string of the molecule is CC1CC=CCC1COC(=O)CCCOc1ccc2c(c1)CCC(=O)N2. The molecule has 2 atom stereocenters. The molecule has 1 aliphatic carbocycles. The van der Waals surface area contributed by atoms with Crippen molar-refractivity contribution < 1.29 is 19.1 Å². The number of benzene rings is 1. The van der Waals surface area contributed by atoms with Crippen LogP contribution in [-0.4, -0.2) is 25.1 Å². The molecule has 2 unspecified atom stereocenters. The molecule has 0 radical (unpaired) electrons. The first-order chi connectivity index (χ1) is 12.6. The molecular weight excluding hydrogens is 330 g/mol. The molecule has 1 N–H and O–H groups in total. The first-order valence-electron chi connectivity index (χ1n) is 9.48. The van der Waals surface area contributed by atoms with Crippen LogP contribution in [0.25, 0.3) is 0 Å². The van der Waals surface area contributed by atoms with Crippen LogP contribution in [0.2, 0.25) is 0 Å². The predicted molar refractivity (Wildman–Crippen MR) is 100 cm³/mol. The van der Waals surface area contributed by atoms with Gasteiger partial charge in [-0.2, -0.15) is 0 Å². The number of carbonyl (C=O) groups is 2. The number of hydrogen-bond donors (Lipinski definition) is 1. The van der Waals surface area contributed by atoms with Crippen LogP contribution in [0.15, 0.2) is 30.4 Å². The lowest BCUT2D eigenvalue weighted by Gasteiger charge is -2.24. The summed E-state index contributed by atoms with van der Waals surface area (Å²) in [5.74, 6) is 1.70. The summed E-state index contributed by atoms with van der Waals surface area (Å²) >= 11 is 0. The highest BCUT2D eigenvalue weighted by Gasteiger charge is 2.20. The number of esters is 1. The van der Waals surface area contributed by atoms with Crippen molar-refractivity contribution in [3.63, 3.8) is 0 Å². The smallest absolute Gasteiger partial charge is 0.305 e. The van der Waals surface area contributed by atoms with Crippen molar-refractivity contribution >= 4 is 17.6 Å². The molecule has 1 heterocycles. The number of aryl methyl sites for hydroxylation is 1. The van der Waals surface area contributed by atoms with Gasteiger partial charge in [-0.05, 0) is 61.3 Å². The van der Waals surface area contributed by atoms with Crippen LogP contribution in [0, 0.1) is 11.8 Å². The maximum Gasteiger partial charge on any atom is 0.305 e. The Morgan fingerprint density at radius 3 is 2.92 bits per heavy atom. The predicted octanol–water partition coefficient (Wildman–Crippen LogP) is 3.88. The van der Waals surface area contributed by atoms with Gasteiger partial charge in [-0.3, -0.25) is 9.59 Å². The Morgan fingerprint density at radius 2 is 2.08 bits per heavy atom. The minimum absolute atomic E-state index is 0.0586. The van der Waals surface area contributed by atoms with Gasteiger partial charge in [-0.1, -0.05) is 19.1 Å². The Balaban J connectivity index is 1.34. The van der Waals surface area contributed by atoms with Crippen LogP contribution >= 0.6 is 0 Å².